The molecule has 1 saturated heterocycles. The zero-order valence-corrected chi connectivity index (χ0v) is 12.5. The van der Waals surface area contributed by atoms with Gasteiger partial charge in [-0.05, 0) is 57.3 Å². The molecule has 0 aromatic heterocycles. The van der Waals surface area contributed by atoms with E-state index in [0.717, 1.165) is 12.5 Å². The van der Waals surface area contributed by atoms with Crippen molar-refractivity contribution in [3.8, 4) is 0 Å². The van der Waals surface area contributed by atoms with Gasteiger partial charge in [-0.15, -0.1) is 0 Å². The molecule has 1 aliphatic heterocycles. The van der Waals surface area contributed by atoms with Gasteiger partial charge < -0.3 is 5.32 Å². The topological polar surface area (TPSA) is 15.3 Å². The molecule has 0 saturated carbocycles. The highest BCUT2D eigenvalue weighted by Crippen LogP contribution is 2.16. The van der Waals surface area contributed by atoms with Crippen LogP contribution in [0.3, 0.4) is 0 Å². The molecular weight excluding hydrogens is 232 g/mol. The van der Waals surface area contributed by atoms with Gasteiger partial charge in [0.05, 0.1) is 0 Å². The monoisotopic (exact) mass is 260 g/mol. The smallest absolute Gasteiger partial charge is 0.0233 e. The molecule has 0 radical (unpaired) electrons. The maximum absolute atomic E-state index is 3.46. The molecule has 1 fully saturated rings. The SMILES string of the molecule is CCCN(Cc1ccc(C)cc1)CC1CCNCC1. The minimum Gasteiger partial charge on any atom is -0.317 e. The van der Waals surface area contributed by atoms with E-state index in [1.807, 2.05) is 0 Å². The van der Waals surface area contributed by atoms with Crippen molar-refractivity contribution in [3.05, 3.63) is 35.4 Å². The molecule has 0 unspecified atom stereocenters. The number of rotatable bonds is 6. The van der Waals surface area contributed by atoms with Crippen molar-refractivity contribution in [2.24, 2.45) is 5.92 Å². The Morgan fingerprint density at radius 3 is 2.47 bits per heavy atom. The second-order valence-electron chi connectivity index (χ2n) is 5.91. The molecule has 0 atom stereocenters. The van der Waals surface area contributed by atoms with Crippen molar-refractivity contribution in [2.45, 2.75) is 39.7 Å². The molecule has 2 nitrogen and oxygen atoms in total. The van der Waals surface area contributed by atoms with Crippen molar-refractivity contribution < 1.29 is 0 Å². The van der Waals surface area contributed by atoms with Crippen LogP contribution in [0, 0.1) is 12.8 Å². The normalized spacial score (nSPS) is 17.0. The van der Waals surface area contributed by atoms with Crippen LogP contribution in [0.5, 0.6) is 0 Å². The average molecular weight is 260 g/mol. The van der Waals surface area contributed by atoms with Gasteiger partial charge in [-0.25, -0.2) is 0 Å². The summed E-state index contributed by atoms with van der Waals surface area (Å²) in [5, 5.41) is 3.46. The summed E-state index contributed by atoms with van der Waals surface area (Å²) in [6.07, 6.45) is 3.93. The first-order chi connectivity index (χ1) is 9.28. The van der Waals surface area contributed by atoms with Gasteiger partial charge in [0.25, 0.3) is 0 Å². The highest BCUT2D eigenvalue weighted by molar-refractivity contribution is 5.21. The number of aryl methyl sites for hydroxylation is 1. The van der Waals surface area contributed by atoms with E-state index in [2.05, 4.69) is 48.3 Å². The summed E-state index contributed by atoms with van der Waals surface area (Å²) in [5.74, 6) is 0.887. The van der Waals surface area contributed by atoms with Crippen molar-refractivity contribution >= 4 is 0 Å². The zero-order valence-electron chi connectivity index (χ0n) is 12.5. The summed E-state index contributed by atoms with van der Waals surface area (Å²) in [6, 6.07) is 9.01. The first-order valence-electron chi connectivity index (χ1n) is 7.76. The second kappa shape index (κ2) is 7.66. The molecule has 0 amide bonds. The molecular formula is C17H28N2. The lowest BCUT2D eigenvalue weighted by atomic mass is 9.97. The minimum atomic E-state index is 0.887. The summed E-state index contributed by atoms with van der Waals surface area (Å²) < 4.78 is 0. The maximum Gasteiger partial charge on any atom is 0.0233 e. The van der Waals surface area contributed by atoms with E-state index in [4.69, 9.17) is 0 Å². The van der Waals surface area contributed by atoms with Crippen LogP contribution in [0.1, 0.15) is 37.3 Å². The number of piperidine rings is 1. The van der Waals surface area contributed by atoms with Gasteiger partial charge in [-0.3, -0.25) is 4.90 Å². The van der Waals surface area contributed by atoms with Crippen molar-refractivity contribution in [2.75, 3.05) is 26.2 Å². The van der Waals surface area contributed by atoms with Gasteiger partial charge >= 0.3 is 0 Å². The Kier molecular flexibility index (Phi) is 5.87. The first kappa shape index (κ1) is 14.5. The predicted molar refractivity (Wildman–Crippen MR) is 82.3 cm³/mol. The third-order valence-electron chi connectivity index (χ3n) is 4.04. The molecule has 2 heteroatoms. The largest absolute Gasteiger partial charge is 0.317 e. The van der Waals surface area contributed by atoms with Gasteiger partial charge in [0, 0.05) is 13.1 Å². The molecule has 0 aliphatic carbocycles. The molecule has 1 aromatic carbocycles. The Balaban J connectivity index is 1.89. The van der Waals surface area contributed by atoms with E-state index in [0.29, 0.717) is 0 Å². The van der Waals surface area contributed by atoms with Crippen LogP contribution in [-0.4, -0.2) is 31.1 Å². The van der Waals surface area contributed by atoms with Crippen LogP contribution >= 0.6 is 0 Å². The summed E-state index contributed by atoms with van der Waals surface area (Å²) in [5.41, 5.74) is 2.80. The molecule has 1 N–H and O–H groups in total. The lowest BCUT2D eigenvalue weighted by Crippen LogP contribution is -2.36. The van der Waals surface area contributed by atoms with E-state index in [-0.39, 0.29) is 0 Å². The molecule has 1 aromatic rings. The maximum atomic E-state index is 3.46. The first-order valence-corrected chi connectivity index (χ1v) is 7.76. The number of nitrogens with one attached hydrogen (secondary N) is 1. The summed E-state index contributed by atoms with van der Waals surface area (Å²) in [4.78, 5) is 2.64. The second-order valence-corrected chi connectivity index (χ2v) is 5.91. The minimum absolute atomic E-state index is 0.887. The quantitative estimate of drug-likeness (QED) is 0.845. The zero-order chi connectivity index (χ0) is 13.5. The molecule has 19 heavy (non-hydrogen) atoms. The highest BCUT2D eigenvalue weighted by atomic mass is 15.1. The summed E-state index contributed by atoms with van der Waals surface area (Å²) >= 11 is 0. The van der Waals surface area contributed by atoms with E-state index in [9.17, 15) is 0 Å². The fourth-order valence-electron chi connectivity index (χ4n) is 2.93. The molecule has 106 valence electrons. The Labute approximate surface area is 118 Å². The van der Waals surface area contributed by atoms with Crippen LogP contribution in [-0.2, 0) is 6.54 Å². The number of nitrogens with zero attached hydrogens (tertiary/aromatic N) is 1. The van der Waals surface area contributed by atoms with Crippen LogP contribution < -0.4 is 5.32 Å². The Bertz CT molecular complexity index is 352. The number of benzene rings is 1. The van der Waals surface area contributed by atoms with Gasteiger partial charge in [-0.1, -0.05) is 36.8 Å². The van der Waals surface area contributed by atoms with E-state index >= 15 is 0 Å². The molecule has 0 bridgehead atoms. The van der Waals surface area contributed by atoms with Crippen LogP contribution in [0.2, 0.25) is 0 Å². The van der Waals surface area contributed by atoms with Crippen molar-refractivity contribution in [1.82, 2.24) is 10.2 Å². The van der Waals surface area contributed by atoms with Crippen molar-refractivity contribution in [1.29, 1.82) is 0 Å². The van der Waals surface area contributed by atoms with Crippen LogP contribution in [0.25, 0.3) is 0 Å². The number of hydrogen-bond acceptors (Lipinski definition) is 2. The third kappa shape index (κ3) is 4.96. The standard InChI is InChI=1S/C17H28N2/c1-3-12-19(14-17-8-10-18-11-9-17)13-16-6-4-15(2)5-7-16/h4-7,17-18H,3,8-14H2,1-2H3. The van der Waals surface area contributed by atoms with Crippen LogP contribution in [0.15, 0.2) is 24.3 Å². The Morgan fingerprint density at radius 1 is 1.16 bits per heavy atom. The predicted octanol–water partition coefficient (Wildman–Crippen LogP) is 3.21. The van der Waals surface area contributed by atoms with Crippen LogP contribution in [0.4, 0.5) is 0 Å². The molecule has 1 heterocycles. The molecule has 2 rings (SSSR count). The molecule has 0 spiro atoms. The van der Waals surface area contributed by atoms with Crippen molar-refractivity contribution in [3.63, 3.8) is 0 Å². The Morgan fingerprint density at radius 2 is 1.84 bits per heavy atom. The van der Waals surface area contributed by atoms with Gasteiger partial charge in [0.2, 0.25) is 0 Å². The fraction of sp³-hybridized carbons (Fsp3) is 0.647. The fourth-order valence-corrected chi connectivity index (χ4v) is 2.93. The lowest BCUT2D eigenvalue weighted by Gasteiger charge is -2.30. The van der Waals surface area contributed by atoms with E-state index < -0.39 is 0 Å². The average Bonchev–Trinajstić information content (AvgIpc) is 2.43. The van der Waals surface area contributed by atoms with Gasteiger partial charge in [-0.2, -0.15) is 0 Å². The Hall–Kier alpha value is -0.860. The highest BCUT2D eigenvalue weighted by Gasteiger charge is 2.16. The molecule has 1 aliphatic rings. The van der Waals surface area contributed by atoms with Gasteiger partial charge in [0.15, 0.2) is 0 Å². The summed E-state index contributed by atoms with van der Waals surface area (Å²) in [6.45, 7) is 10.4. The van der Waals surface area contributed by atoms with Gasteiger partial charge in [0.1, 0.15) is 0 Å². The van der Waals surface area contributed by atoms with E-state index in [1.165, 1.54) is 56.6 Å². The van der Waals surface area contributed by atoms with E-state index in [1.54, 1.807) is 0 Å². The third-order valence-corrected chi connectivity index (χ3v) is 4.04. The lowest BCUT2D eigenvalue weighted by molar-refractivity contribution is 0.199. The number of hydrogen-bond donors (Lipinski definition) is 1. The summed E-state index contributed by atoms with van der Waals surface area (Å²) in [7, 11) is 0.